The van der Waals surface area contributed by atoms with Gasteiger partial charge in [0.25, 0.3) is 0 Å². The Morgan fingerprint density at radius 3 is 2.77 bits per heavy atom. The molecule has 1 aliphatic rings. The van der Waals surface area contributed by atoms with Gasteiger partial charge in [0, 0.05) is 51.8 Å². The minimum atomic E-state index is -0.0749. The fourth-order valence-electron chi connectivity index (χ4n) is 3.78. The van der Waals surface area contributed by atoms with Crippen LogP contribution >= 0.6 is 11.6 Å². The predicted octanol–water partition coefficient (Wildman–Crippen LogP) is 4.27. The van der Waals surface area contributed by atoms with E-state index in [1.807, 2.05) is 47.8 Å². The second-order valence-corrected chi connectivity index (χ2v) is 8.32. The van der Waals surface area contributed by atoms with Crippen LogP contribution < -0.4 is 4.90 Å². The molecule has 3 heterocycles. The number of aromatic nitrogens is 2. The van der Waals surface area contributed by atoms with Crippen LogP contribution in [0.15, 0.2) is 54.7 Å². The number of rotatable bonds is 7. The first-order valence-electron chi connectivity index (χ1n) is 10.5. The molecular formula is C24H27ClN4O2. The first-order valence-corrected chi connectivity index (χ1v) is 10.9. The quantitative estimate of drug-likeness (QED) is 0.517. The number of halogens is 1. The van der Waals surface area contributed by atoms with E-state index >= 15 is 0 Å². The highest BCUT2D eigenvalue weighted by molar-refractivity contribution is 6.31. The van der Waals surface area contributed by atoms with Crippen molar-refractivity contribution in [3.8, 4) is 0 Å². The van der Waals surface area contributed by atoms with Crippen LogP contribution in [0.1, 0.15) is 24.1 Å². The summed E-state index contributed by atoms with van der Waals surface area (Å²) in [5.74, 6) is -0.0749. The van der Waals surface area contributed by atoms with Gasteiger partial charge in [-0.15, -0.1) is 0 Å². The van der Waals surface area contributed by atoms with Gasteiger partial charge in [0.1, 0.15) is 5.65 Å². The van der Waals surface area contributed by atoms with Crippen LogP contribution in [0.4, 0.5) is 5.69 Å². The number of benzene rings is 1. The third-order valence-electron chi connectivity index (χ3n) is 5.49. The van der Waals surface area contributed by atoms with E-state index in [1.54, 1.807) is 12.2 Å². The zero-order valence-electron chi connectivity index (χ0n) is 17.9. The molecule has 1 amide bonds. The Kier molecular flexibility index (Phi) is 6.59. The number of pyridine rings is 1. The van der Waals surface area contributed by atoms with Gasteiger partial charge in [-0.25, -0.2) is 4.98 Å². The van der Waals surface area contributed by atoms with E-state index in [1.165, 1.54) is 0 Å². The molecule has 6 nitrogen and oxygen atoms in total. The summed E-state index contributed by atoms with van der Waals surface area (Å²) in [6.45, 7) is 1.86. The zero-order valence-corrected chi connectivity index (χ0v) is 18.6. The Labute approximate surface area is 187 Å². The molecule has 3 aromatic rings. The fraction of sp³-hybridized carbons (Fsp3) is 0.333. The van der Waals surface area contributed by atoms with Crippen molar-refractivity contribution < 1.29 is 9.53 Å². The van der Waals surface area contributed by atoms with Gasteiger partial charge in [-0.05, 0) is 48.7 Å². The number of carbonyl (C=O) groups is 1. The molecule has 0 saturated carbocycles. The number of hydrogen-bond acceptors (Lipinski definition) is 4. The Balaban J connectivity index is 1.54. The van der Waals surface area contributed by atoms with E-state index in [0.717, 1.165) is 36.3 Å². The van der Waals surface area contributed by atoms with Crippen molar-refractivity contribution in [2.45, 2.75) is 25.5 Å². The van der Waals surface area contributed by atoms with Crippen molar-refractivity contribution in [3.05, 3.63) is 71.1 Å². The Morgan fingerprint density at radius 2 is 2.06 bits per heavy atom. The molecule has 7 heteroatoms. The minimum Gasteiger partial charge on any atom is -0.378 e. The molecule has 0 radical (unpaired) electrons. The van der Waals surface area contributed by atoms with Crippen molar-refractivity contribution in [2.75, 3.05) is 32.1 Å². The molecule has 1 unspecified atom stereocenters. The molecule has 31 heavy (non-hydrogen) atoms. The summed E-state index contributed by atoms with van der Waals surface area (Å²) in [5, 5.41) is 0.375. The van der Waals surface area contributed by atoms with Gasteiger partial charge in [0.05, 0.1) is 11.8 Å². The maximum atomic E-state index is 13.2. The normalized spacial score (nSPS) is 16.3. The van der Waals surface area contributed by atoms with Crippen LogP contribution in [0.3, 0.4) is 0 Å². The number of anilines is 1. The predicted molar refractivity (Wildman–Crippen MR) is 124 cm³/mol. The van der Waals surface area contributed by atoms with Crippen LogP contribution in [-0.2, 0) is 16.1 Å². The third-order valence-corrected chi connectivity index (χ3v) is 5.77. The summed E-state index contributed by atoms with van der Waals surface area (Å²) in [7, 11) is 4.02. The van der Waals surface area contributed by atoms with E-state index in [0.29, 0.717) is 23.9 Å². The van der Waals surface area contributed by atoms with Crippen LogP contribution in [-0.4, -0.2) is 53.5 Å². The van der Waals surface area contributed by atoms with Crippen molar-refractivity contribution in [2.24, 2.45) is 0 Å². The van der Waals surface area contributed by atoms with Gasteiger partial charge >= 0.3 is 0 Å². The van der Waals surface area contributed by atoms with Gasteiger partial charge in [-0.3, -0.25) is 9.20 Å². The van der Waals surface area contributed by atoms with E-state index in [9.17, 15) is 4.79 Å². The summed E-state index contributed by atoms with van der Waals surface area (Å²) < 4.78 is 7.66. The standard InChI is InChI=1S/C24H27ClN4O2/c1-27(2)19-10-8-18(9-11-19)16-28(17-20-6-5-15-31-20)23(30)13-12-21-24(25)26-22-7-3-4-14-29(21)22/h3-4,7-14,20H,5-6,15-17H2,1-2H3/b13-12+. The maximum absolute atomic E-state index is 13.2. The highest BCUT2D eigenvalue weighted by atomic mass is 35.5. The first-order chi connectivity index (χ1) is 15.0. The number of carbonyl (C=O) groups excluding carboxylic acids is 1. The van der Waals surface area contributed by atoms with Gasteiger partial charge in [-0.1, -0.05) is 29.8 Å². The van der Waals surface area contributed by atoms with Gasteiger partial charge in [0.15, 0.2) is 5.15 Å². The number of hydrogen-bond donors (Lipinski definition) is 0. The summed E-state index contributed by atoms with van der Waals surface area (Å²) in [6.07, 6.45) is 7.30. The highest BCUT2D eigenvalue weighted by Gasteiger charge is 2.22. The Morgan fingerprint density at radius 1 is 1.26 bits per heavy atom. The number of amides is 1. The average molecular weight is 439 g/mol. The summed E-state index contributed by atoms with van der Waals surface area (Å²) in [5.41, 5.74) is 3.65. The van der Waals surface area contributed by atoms with Crippen LogP contribution in [0, 0.1) is 0 Å². The molecule has 0 spiro atoms. The lowest BCUT2D eigenvalue weighted by Crippen LogP contribution is -2.35. The zero-order chi connectivity index (χ0) is 21.8. The molecule has 0 bridgehead atoms. The molecule has 1 atom stereocenters. The lowest BCUT2D eigenvalue weighted by Gasteiger charge is -2.25. The number of nitrogens with zero attached hydrogens (tertiary/aromatic N) is 4. The van der Waals surface area contributed by atoms with E-state index in [-0.39, 0.29) is 12.0 Å². The van der Waals surface area contributed by atoms with E-state index in [2.05, 4.69) is 34.1 Å². The minimum absolute atomic E-state index is 0.0749. The maximum Gasteiger partial charge on any atom is 0.247 e. The average Bonchev–Trinajstić information content (AvgIpc) is 3.39. The third kappa shape index (κ3) is 5.09. The summed E-state index contributed by atoms with van der Waals surface area (Å²) in [4.78, 5) is 21.4. The summed E-state index contributed by atoms with van der Waals surface area (Å²) >= 11 is 6.31. The molecule has 162 valence electrons. The molecule has 0 aliphatic carbocycles. The van der Waals surface area contributed by atoms with Crippen molar-refractivity contribution in [1.29, 1.82) is 0 Å². The van der Waals surface area contributed by atoms with Gasteiger partial charge in [-0.2, -0.15) is 0 Å². The molecule has 4 rings (SSSR count). The molecule has 1 aromatic carbocycles. The Hall–Kier alpha value is -2.83. The second-order valence-electron chi connectivity index (χ2n) is 7.96. The lowest BCUT2D eigenvalue weighted by atomic mass is 10.1. The van der Waals surface area contributed by atoms with Gasteiger partial charge < -0.3 is 14.5 Å². The monoisotopic (exact) mass is 438 g/mol. The van der Waals surface area contributed by atoms with Gasteiger partial charge in [0.2, 0.25) is 5.91 Å². The van der Waals surface area contributed by atoms with Crippen LogP contribution in [0.2, 0.25) is 5.15 Å². The summed E-state index contributed by atoms with van der Waals surface area (Å²) in [6, 6.07) is 14.0. The van der Waals surface area contributed by atoms with E-state index in [4.69, 9.17) is 16.3 Å². The number of imidazole rings is 1. The first kappa shape index (κ1) is 21.4. The SMILES string of the molecule is CN(C)c1ccc(CN(CC2CCCO2)C(=O)/C=C/c2c(Cl)nc3ccccn23)cc1. The van der Waals surface area contributed by atoms with Crippen molar-refractivity contribution >= 4 is 34.9 Å². The van der Waals surface area contributed by atoms with Crippen molar-refractivity contribution in [3.63, 3.8) is 0 Å². The van der Waals surface area contributed by atoms with Crippen molar-refractivity contribution in [1.82, 2.24) is 14.3 Å². The second kappa shape index (κ2) is 9.54. The molecule has 1 fully saturated rings. The topological polar surface area (TPSA) is 50.1 Å². The molecular weight excluding hydrogens is 412 g/mol. The van der Waals surface area contributed by atoms with Crippen LogP contribution in [0.25, 0.3) is 11.7 Å². The molecule has 0 N–H and O–H groups in total. The number of fused-ring (bicyclic) bond motifs is 1. The molecule has 1 aliphatic heterocycles. The van der Waals surface area contributed by atoms with E-state index < -0.39 is 0 Å². The van der Waals surface area contributed by atoms with Crippen LogP contribution in [0.5, 0.6) is 0 Å². The lowest BCUT2D eigenvalue weighted by molar-refractivity contribution is -0.128. The molecule has 1 saturated heterocycles. The highest BCUT2D eigenvalue weighted by Crippen LogP contribution is 2.20. The smallest absolute Gasteiger partial charge is 0.247 e. The molecule has 2 aromatic heterocycles. The fourth-order valence-corrected chi connectivity index (χ4v) is 4.02. The number of ether oxygens (including phenoxy) is 1. The largest absolute Gasteiger partial charge is 0.378 e. The Bertz CT molecular complexity index is 1070.